The first kappa shape index (κ1) is 37.4. The molecule has 0 aliphatic carbocycles. The van der Waals surface area contributed by atoms with E-state index in [0.717, 1.165) is 110 Å². The molecule has 4 aliphatic rings. The van der Waals surface area contributed by atoms with Gasteiger partial charge >= 0.3 is 0 Å². The number of rotatable bonds is 8. The molecule has 5 aromatic heterocycles. The Morgan fingerprint density at radius 1 is 0.911 bits per heavy atom. The SMILES string of the molecule is N#Cc1cnn2c(-c3cc(NC4CCOCC4)c(-c4nnc(N5CCN(CC6CCN(c7cccnc7)CC6)CC5)s4)cn3)ccc2c1.O=C1CCCC(=O)N1. The highest BCUT2D eigenvalue weighted by Gasteiger charge is 2.26. The van der Waals surface area contributed by atoms with Gasteiger partial charge in [0.2, 0.25) is 16.9 Å². The van der Waals surface area contributed by atoms with Crippen molar-refractivity contribution >= 4 is 45.2 Å². The van der Waals surface area contributed by atoms with Crippen molar-refractivity contribution in [3.63, 3.8) is 0 Å². The summed E-state index contributed by atoms with van der Waals surface area (Å²) in [5, 5.41) is 30.9. The number of imide groups is 1. The van der Waals surface area contributed by atoms with E-state index in [1.807, 2.05) is 47.4 Å². The van der Waals surface area contributed by atoms with Crippen molar-refractivity contribution in [2.45, 2.75) is 51.0 Å². The molecule has 9 rings (SSSR count). The molecule has 4 saturated heterocycles. The highest BCUT2D eigenvalue weighted by atomic mass is 32.1. The van der Waals surface area contributed by atoms with Gasteiger partial charge in [0.15, 0.2) is 5.01 Å². The van der Waals surface area contributed by atoms with Gasteiger partial charge in [-0.1, -0.05) is 11.3 Å². The van der Waals surface area contributed by atoms with Gasteiger partial charge in [0.1, 0.15) is 6.07 Å². The number of carbonyl (C=O) groups excluding carboxylic acids is 2. The minimum Gasteiger partial charge on any atom is -0.381 e. The van der Waals surface area contributed by atoms with Crippen LogP contribution >= 0.6 is 11.3 Å². The molecule has 2 amide bonds. The van der Waals surface area contributed by atoms with Crippen LogP contribution in [-0.4, -0.2) is 112 Å². The summed E-state index contributed by atoms with van der Waals surface area (Å²) in [5.74, 6) is 0.466. The number of piperazine rings is 1. The Morgan fingerprint density at radius 3 is 2.43 bits per heavy atom. The summed E-state index contributed by atoms with van der Waals surface area (Å²) in [5.41, 5.74) is 6.23. The summed E-state index contributed by atoms with van der Waals surface area (Å²) < 4.78 is 7.45. The number of nitriles is 1. The number of aromatic nitrogens is 6. The summed E-state index contributed by atoms with van der Waals surface area (Å²) in [6.45, 7) is 8.87. The number of amides is 2. The third-order valence-electron chi connectivity index (χ3n) is 10.9. The Labute approximate surface area is 329 Å². The predicted octanol–water partition coefficient (Wildman–Crippen LogP) is 4.62. The molecule has 2 N–H and O–H groups in total. The van der Waals surface area contributed by atoms with Crippen LogP contribution in [0, 0.1) is 17.2 Å². The number of nitrogens with one attached hydrogen (secondary N) is 2. The van der Waals surface area contributed by atoms with Gasteiger partial charge < -0.3 is 19.9 Å². The van der Waals surface area contributed by atoms with Crippen LogP contribution in [0.3, 0.4) is 0 Å². The Hall–Kier alpha value is -5.50. The number of hydrogen-bond donors (Lipinski definition) is 2. The van der Waals surface area contributed by atoms with Crippen molar-refractivity contribution in [3.05, 3.63) is 66.7 Å². The van der Waals surface area contributed by atoms with E-state index in [1.165, 1.54) is 25.1 Å². The van der Waals surface area contributed by atoms with E-state index < -0.39 is 0 Å². The lowest BCUT2D eigenvalue weighted by Crippen LogP contribution is -2.49. The monoisotopic (exact) mass is 774 g/mol. The Kier molecular flexibility index (Phi) is 11.7. The minimum absolute atomic E-state index is 0.138. The third kappa shape index (κ3) is 8.96. The zero-order valence-corrected chi connectivity index (χ0v) is 32.2. The Bertz CT molecular complexity index is 2150. The van der Waals surface area contributed by atoms with Crippen molar-refractivity contribution in [2.75, 3.05) is 74.1 Å². The number of nitrogens with zero attached hydrogens (tertiary/aromatic N) is 10. The van der Waals surface area contributed by atoms with E-state index in [1.54, 1.807) is 17.5 Å². The van der Waals surface area contributed by atoms with Crippen molar-refractivity contribution in [2.24, 2.45) is 5.92 Å². The molecule has 0 saturated carbocycles. The van der Waals surface area contributed by atoms with Gasteiger partial charge in [-0.2, -0.15) is 10.4 Å². The van der Waals surface area contributed by atoms with E-state index >= 15 is 0 Å². The van der Waals surface area contributed by atoms with Gasteiger partial charge in [0.25, 0.3) is 0 Å². The Balaban J connectivity index is 0.000000493. The Morgan fingerprint density at radius 2 is 1.71 bits per heavy atom. The average Bonchev–Trinajstić information content (AvgIpc) is 3.90. The fourth-order valence-corrected chi connectivity index (χ4v) is 8.67. The summed E-state index contributed by atoms with van der Waals surface area (Å²) in [6.07, 6.45) is 13.4. The molecule has 56 heavy (non-hydrogen) atoms. The van der Waals surface area contributed by atoms with Crippen LogP contribution in [0.25, 0.3) is 27.5 Å². The molecule has 9 heterocycles. The van der Waals surface area contributed by atoms with E-state index in [2.05, 4.69) is 63.8 Å². The quantitative estimate of drug-likeness (QED) is 0.210. The van der Waals surface area contributed by atoms with E-state index in [4.69, 9.17) is 9.72 Å². The number of pyridine rings is 2. The fourth-order valence-electron chi connectivity index (χ4n) is 7.74. The number of carbonyl (C=O) groups is 2. The summed E-state index contributed by atoms with van der Waals surface area (Å²) in [6, 6.07) is 14.5. The summed E-state index contributed by atoms with van der Waals surface area (Å²) in [4.78, 5) is 37.3. The van der Waals surface area contributed by atoms with Crippen LogP contribution in [0.2, 0.25) is 0 Å². The van der Waals surface area contributed by atoms with E-state index in [0.29, 0.717) is 30.9 Å². The normalized spacial score (nSPS) is 18.6. The second kappa shape index (κ2) is 17.5. The largest absolute Gasteiger partial charge is 0.381 e. The van der Waals surface area contributed by atoms with Gasteiger partial charge in [-0.3, -0.25) is 29.8 Å². The van der Waals surface area contributed by atoms with E-state index in [9.17, 15) is 14.9 Å². The van der Waals surface area contributed by atoms with Crippen LogP contribution in [0.4, 0.5) is 16.5 Å². The number of ether oxygens (including phenoxy) is 1. The maximum Gasteiger partial charge on any atom is 0.226 e. The molecule has 15 nitrogen and oxygen atoms in total. The number of anilines is 3. The zero-order chi connectivity index (χ0) is 38.3. The second-order valence-corrected chi connectivity index (χ2v) is 15.7. The van der Waals surface area contributed by atoms with Crippen LogP contribution in [0.1, 0.15) is 50.5 Å². The van der Waals surface area contributed by atoms with Gasteiger partial charge in [-0.15, -0.1) is 10.2 Å². The molecule has 0 aromatic carbocycles. The van der Waals surface area contributed by atoms with E-state index in [-0.39, 0.29) is 11.8 Å². The molecular weight excluding hydrogens is 729 g/mol. The molecule has 290 valence electrons. The van der Waals surface area contributed by atoms with Crippen LogP contribution in [0.5, 0.6) is 0 Å². The number of hydrogen-bond acceptors (Lipinski definition) is 14. The fraction of sp³-hybridized carbons (Fsp3) is 0.450. The lowest BCUT2D eigenvalue weighted by atomic mass is 9.95. The lowest BCUT2D eigenvalue weighted by Gasteiger charge is -2.39. The lowest BCUT2D eigenvalue weighted by molar-refractivity contribution is -0.132. The first-order valence-corrected chi connectivity index (χ1v) is 20.3. The smallest absolute Gasteiger partial charge is 0.226 e. The number of piperidine rings is 2. The van der Waals surface area contributed by atoms with Crippen LogP contribution in [0.15, 0.2) is 61.2 Å². The second-order valence-electron chi connectivity index (χ2n) is 14.7. The molecule has 0 spiro atoms. The van der Waals surface area contributed by atoms with Crippen molar-refractivity contribution in [1.29, 1.82) is 5.26 Å². The van der Waals surface area contributed by atoms with Gasteiger partial charge in [-0.05, 0) is 74.4 Å². The van der Waals surface area contributed by atoms with Crippen molar-refractivity contribution < 1.29 is 14.3 Å². The molecule has 4 fully saturated rings. The molecule has 5 aromatic rings. The molecule has 16 heteroatoms. The molecule has 0 unspecified atom stereocenters. The van der Waals surface area contributed by atoms with Gasteiger partial charge in [-0.25, -0.2) is 4.52 Å². The first-order chi connectivity index (χ1) is 27.5. The number of fused-ring (bicyclic) bond motifs is 1. The maximum atomic E-state index is 10.3. The molecule has 0 atom stereocenters. The molecule has 0 radical (unpaired) electrons. The maximum absolute atomic E-state index is 10.3. The average molecular weight is 775 g/mol. The summed E-state index contributed by atoms with van der Waals surface area (Å²) >= 11 is 1.64. The summed E-state index contributed by atoms with van der Waals surface area (Å²) in [7, 11) is 0. The van der Waals surface area contributed by atoms with Crippen molar-refractivity contribution in [1.82, 2.24) is 40.0 Å². The molecule has 0 bridgehead atoms. The van der Waals surface area contributed by atoms with Gasteiger partial charge in [0.05, 0.1) is 46.1 Å². The highest BCUT2D eigenvalue weighted by Crippen LogP contribution is 2.37. The topological polar surface area (TPSA) is 170 Å². The third-order valence-corrected chi connectivity index (χ3v) is 11.9. The highest BCUT2D eigenvalue weighted by molar-refractivity contribution is 7.18. The van der Waals surface area contributed by atoms with Crippen LogP contribution in [-0.2, 0) is 14.3 Å². The molecule has 4 aliphatic heterocycles. The van der Waals surface area contributed by atoms with Crippen molar-refractivity contribution in [3.8, 4) is 28.0 Å². The standard InChI is InChI=1S/C35H39N11OS.C5H7NO2/c36-20-26-18-28-3-4-33(46(28)39-21-26)32-19-31(40-27-7-16-47-17-8-27)30(23-38-32)34-41-42-35(48-34)45-14-12-43(13-15-45)24-25-5-10-44(11-6-25)29-2-1-9-37-22-29;7-4-2-1-3-5(8)6-4/h1-4,9,18-19,21-23,25,27H,5-8,10-17,24H2,(H,38,40);1-3H2,(H,6,7,8). The first-order valence-electron chi connectivity index (χ1n) is 19.5. The minimum atomic E-state index is -0.138. The zero-order valence-electron chi connectivity index (χ0n) is 31.3. The van der Waals surface area contributed by atoms with Crippen LogP contribution < -0.4 is 20.4 Å². The predicted molar refractivity (Wildman–Crippen MR) is 214 cm³/mol. The van der Waals surface area contributed by atoms with Gasteiger partial charge in [0, 0.05) is 96.0 Å². The molecular formula is C40H46N12O3S.